The summed E-state index contributed by atoms with van der Waals surface area (Å²) in [5.41, 5.74) is 0. The summed E-state index contributed by atoms with van der Waals surface area (Å²) in [4.78, 5) is 6.69. The monoisotopic (exact) mass is 201 g/mol. The Labute approximate surface area is 85.2 Å². The molecule has 2 rings (SSSR count). The minimum Gasteiger partial charge on any atom is -0.342 e. The van der Waals surface area contributed by atoms with E-state index in [1.54, 1.807) is 0 Å². The van der Waals surface area contributed by atoms with E-state index in [-0.39, 0.29) is 12.4 Å². The number of imidazole rings is 1. The van der Waals surface area contributed by atoms with E-state index in [1.165, 1.54) is 32.4 Å². The van der Waals surface area contributed by atoms with E-state index >= 15 is 0 Å². The molecule has 0 N–H and O–H groups in total. The number of nitrogens with zero attached hydrogens (tertiary/aromatic N) is 3. The zero-order valence-corrected chi connectivity index (χ0v) is 8.76. The molecule has 0 radical (unpaired) electrons. The Hall–Kier alpha value is -0.700. The molecule has 1 saturated heterocycles. The number of piperidine rings is 1. The molecule has 0 amide bonds. The number of aromatic nitrogens is 2. The second-order valence-corrected chi connectivity index (χ2v) is 3.39. The lowest BCUT2D eigenvalue weighted by Crippen LogP contribution is -2.31. The molecule has 0 unspecified atom stereocenters. The summed E-state index contributed by atoms with van der Waals surface area (Å²) in [5, 5.41) is 0. The average Bonchev–Trinajstić information content (AvgIpc) is 2.53. The van der Waals surface area contributed by atoms with E-state index in [2.05, 4.69) is 21.5 Å². The number of rotatable bonds is 1. The molecule has 0 spiro atoms. The third-order valence-electron chi connectivity index (χ3n) is 2.43. The summed E-state index contributed by atoms with van der Waals surface area (Å²) in [6.07, 6.45) is 7.87. The molecule has 4 heteroatoms. The van der Waals surface area contributed by atoms with Gasteiger partial charge in [-0.05, 0) is 19.3 Å². The molecule has 0 saturated carbocycles. The van der Waals surface area contributed by atoms with Gasteiger partial charge >= 0.3 is 0 Å². The highest BCUT2D eigenvalue weighted by Crippen LogP contribution is 2.16. The van der Waals surface area contributed by atoms with Gasteiger partial charge in [-0.25, -0.2) is 4.98 Å². The molecular formula is C9H16ClN3. The fraction of sp³-hybridized carbons (Fsp3) is 0.667. The average molecular weight is 202 g/mol. The van der Waals surface area contributed by atoms with Crippen LogP contribution in [0.4, 0.5) is 5.95 Å². The summed E-state index contributed by atoms with van der Waals surface area (Å²) in [6, 6.07) is 0. The van der Waals surface area contributed by atoms with E-state index in [1.807, 2.05) is 12.4 Å². The Morgan fingerprint density at radius 3 is 2.46 bits per heavy atom. The number of halogens is 1. The van der Waals surface area contributed by atoms with Crippen LogP contribution in [0.3, 0.4) is 0 Å². The first-order valence-electron chi connectivity index (χ1n) is 4.60. The van der Waals surface area contributed by atoms with E-state index in [0.29, 0.717) is 0 Å². The first-order chi connectivity index (χ1) is 5.88. The second-order valence-electron chi connectivity index (χ2n) is 3.39. The fourth-order valence-corrected chi connectivity index (χ4v) is 1.76. The van der Waals surface area contributed by atoms with Crippen molar-refractivity contribution >= 4 is 18.4 Å². The van der Waals surface area contributed by atoms with Crippen LogP contribution in [-0.4, -0.2) is 22.6 Å². The van der Waals surface area contributed by atoms with E-state index in [4.69, 9.17) is 0 Å². The highest BCUT2D eigenvalue weighted by atomic mass is 35.5. The van der Waals surface area contributed by atoms with Crippen LogP contribution in [0, 0.1) is 0 Å². The molecule has 0 aliphatic carbocycles. The molecule has 13 heavy (non-hydrogen) atoms. The van der Waals surface area contributed by atoms with Crippen molar-refractivity contribution < 1.29 is 0 Å². The molecule has 1 aromatic rings. The molecule has 0 atom stereocenters. The van der Waals surface area contributed by atoms with Gasteiger partial charge in [0.05, 0.1) is 0 Å². The van der Waals surface area contributed by atoms with Crippen molar-refractivity contribution in [3.63, 3.8) is 0 Å². The van der Waals surface area contributed by atoms with Crippen molar-refractivity contribution in [2.75, 3.05) is 18.0 Å². The lowest BCUT2D eigenvalue weighted by Gasteiger charge is -2.27. The standard InChI is InChI=1S/C9H15N3.ClH/c1-11-8-5-10-9(11)12-6-3-2-4-7-12;/h5,8H,2-4,6-7H2,1H3;1H. The van der Waals surface area contributed by atoms with E-state index < -0.39 is 0 Å². The Morgan fingerprint density at radius 2 is 1.92 bits per heavy atom. The third-order valence-corrected chi connectivity index (χ3v) is 2.43. The number of anilines is 1. The highest BCUT2D eigenvalue weighted by molar-refractivity contribution is 5.85. The Morgan fingerprint density at radius 1 is 1.23 bits per heavy atom. The quantitative estimate of drug-likeness (QED) is 0.692. The van der Waals surface area contributed by atoms with Crippen molar-refractivity contribution in [2.45, 2.75) is 19.3 Å². The van der Waals surface area contributed by atoms with Gasteiger partial charge in [0.15, 0.2) is 0 Å². The van der Waals surface area contributed by atoms with Crippen LogP contribution in [0.5, 0.6) is 0 Å². The minimum atomic E-state index is 0. The van der Waals surface area contributed by atoms with Gasteiger partial charge in [-0.15, -0.1) is 12.4 Å². The van der Waals surface area contributed by atoms with Crippen LogP contribution in [0.1, 0.15) is 19.3 Å². The van der Waals surface area contributed by atoms with Crippen LogP contribution in [0.2, 0.25) is 0 Å². The summed E-state index contributed by atoms with van der Waals surface area (Å²) in [5.74, 6) is 1.12. The van der Waals surface area contributed by atoms with Crippen molar-refractivity contribution in [3.05, 3.63) is 12.4 Å². The van der Waals surface area contributed by atoms with Gasteiger partial charge < -0.3 is 9.47 Å². The normalized spacial score (nSPS) is 16.8. The molecular weight excluding hydrogens is 186 g/mol. The van der Waals surface area contributed by atoms with Gasteiger partial charge in [-0.1, -0.05) is 0 Å². The maximum atomic E-state index is 4.33. The first kappa shape index (κ1) is 10.4. The first-order valence-corrected chi connectivity index (χ1v) is 4.60. The van der Waals surface area contributed by atoms with Crippen LogP contribution in [0.25, 0.3) is 0 Å². The summed E-state index contributed by atoms with van der Waals surface area (Å²) in [6.45, 7) is 2.34. The molecule has 1 fully saturated rings. The third kappa shape index (κ3) is 2.15. The summed E-state index contributed by atoms with van der Waals surface area (Å²) < 4.78 is 2.09. The van der Waals surface area contributed by atoms with Crippen LogP contribution in [0.15, 0.2) is 12.4 Å². The SMILES string of the molecule is Cl.Cn1ccnc1N1CCCCC1. The number of hydrogen-bond donors (Lipinski definition) is 0. The zero-order chi connectivity index (χ0) is 8.39. The predicted octanol–water partition coefficient (Wildman–Crippen LogP) is 1.83. The Balaban J connectivity index is 0.000000845. The smallest absolute Gasteiger partial charge is 0.205 e. The number of hydrogen-bond acceptors (Lipinski definition) is 2. The van der Waals surface area contributed by atoms with Crippen molar-refractivity contribution in [1.29, 1.82) is 0 Å². The molecule has 1 aliphatic rings. The van der Waals surface area contributed by atoms with E-state index in [9.17, 15) is 0 Å². The lowest BCUT2D eigenvalue weighted by molar-refractivity contribution is 0.562. The maximum Gasteiger partial charge on any atom is 0.205 e. The largest absolute Gasteiger partial charge is 0.342 e. The second kappa shape index (κ2) is 4.51. The molecule has 1 aromatic heterocycles. The summed E-state index contributed by atoms with van der Waals surface area (Å²) >= 11 is 0. The lowest BCUT2D eigenvalue weighted by atomic mass is 10.1. The van der Waals surface area contributed by atoms with Gasteiger partial charge in [0.25, 0.3) is 0 Å². The molecule has 74 valence electrons. The van der Waals surface area contributed by atoms with Crippen LogP contribution >= 0.6 is 12.4 Å². The topological polar surface area (TPSA) is 21.1 Å². The van der Waals surface area contributed by atoms with Crippen molar-refractivity contribution in [1.82, 2.24) is 9.55 Å². The predicted molar refractivity (Wildman–Crippen MR) is 56.5 cm³/mol. The summed E-state index contributed by atoms with van der Waals surface area (Å²) in [7, 11) is 2.05. The molecule has 0 aromatic carbocycles. The zero-order valence-electron chi connectivity index (χ0n) is 7.94. The molecule has 3 nitrogen and oxygen atoms in total. The van der Waals surface area contributed by atoms with Crippen molar-refractivity contribution in [3.8, 4) is 0 Å². The maximum absolute atomic E-state index is 4.33. The molecule has 2 heterocycles. The van der Waals surface area contributed by atoms with Gasteiger partial charge in [0.1, 0.15) is 0 Å². The van der Waals surface area contributed by atoms with E-state index in [0.717, 1.165) is 5.95 Å². The minimum absolute atomic E-state index is 0. The Bertz CT molecular complexity index is 253. The fourth-order valence-electron chi connectivity index (χ4n) is 1.76. The van der Waals surface area contributed by atoms with Crippen LogP contribution in [-0.2, 0) is 7.05 Å². The van der Waals surface area contributed by atoms with Gasteiger partial charge in [0.2, 0.25) is 5.95 Å². The Kier molecular flexibility index (Phi) is 3.60. The van der Waals surface area contributed by atoms with Gasteiger partial charge in [-0.3, -0.25) is 0 Å². The highest BCUT2D eigenvalue weighted by Gasteiger charge is 2.13. The van der Waals surface area contributed by atoms with Crippen LogP contribution < -0.4 is 4.90 Å². The molecule has 1 aliphatic heterocycles. The molecule has 0 bridgehead atoms. The van der Waals surface area contributed by atoms with Gasteiger partial charge in [0, 0.05) is 32.5 Å². The van der Waals surface area contributed by atoms with Crippen molar-refractivity contribution in [2.24, 2.45) is 7.05 Å². The number of aryl methyl sites for hydroxylation is 1. The van der Waals surface area contributed by atoms with Gasteiger partial charge in [-0.2, -0.15) is 0 Å².